The lowest BCUT2D eigenvalue weighted by Crippen LogP contribution is -2.34. The lowest BCUT2D eigenvalue weighted by Gasteiger charge is -2.31. The van der Waals surface area contributed by atoms with Gasteiger partial charge in [0.2, 0.25) is 6.17 Å². The van der Waals surface area contributed by atoms with Gasteiger partial charge in [0.05, 0.1) is 12.2 Å². The summed E-state index contributed by atoms with van der Waals surface area (Å²) in [5.74, 6) is -1.19. The summed E-state index contributed by atoms with van der Waals surface area (Å²) >= 11 is 0. The van der Waals surface area contributed by atoms with Crippen molar-refractivity contribution >= 4 is 5.97 Å². The van der Waals surface area contributed by atoms with Gasteiger partial charge in [-0.15, -0.1) is 0 Å². The molecule has 0 spiro atoms. The van der Waals surface area contributed by atoms with Gasteiger partial charge in [0.25, 0.3) is 0 Å². The molecular formula is C26H41FO6. The van der Waals surface area contributed by atoms with Crippen LogP contribution in [0.1, 0.15) is 78.1 Å². The summed E-state index contributed by atoms with van der Waals surface area (Å²) in [7, 11) is 0. The molecule has 0 radical (unpaired) electrons. The maximum absolute atomic E-state index is 14.9. The van der Waals surface area contributed by atoms with Crippen molar-refractivity contribution in [1.29, 1.82) is 0 Å². The summed E-state index contributed by atoms with van der Waals surface area (Å²) in [6.45, 7) is 5.82. The zero-order chi connectivity index (χ0) is 23.2. The van der Waals surface area contributed by atoms with E-state index in [9.17, 15) is 9.18 Å². The van der Waals surface area contributed by atoms with Crippen molar-refractivity contribution in [2.75, 3.05) is 13.2 Å². The van der Waals surface area contributed by atoms with E-state index in [-0.39, 0.29) is 30.7 Å². The highest BCUT2D eigenvalue weighted by atomic mass is 19.1. The number of carbonyl (C=O) groups excluding carboxylic acids is 1. The molecule has 1 aliphatic carbocycles. The number of ether oxygens (including phenoxy) is 5. The van der Waals surface area contributed by atoms with Gasteiger partial charge >= 0.3 is 5.97 Å². The largest absolute Gasteiger partial charge is 0.460 e. The molecule has 3 aliphatic heterocycles. The summed E-state index contributed by atoms with van der Waals surface area (Å²) in [6, 6.07) is 0. The molecule has 3 saturated heterocycles. The van der Waals surface area contributed by atoms with Crippen LogP contribution in [0.2, 0.25) is 0 Å². The normalized spacial score (nSPS) is 38.9. The molecule has 4 rings (SSSR count). The highest BCUT2D eigenvalue weighted by Crippen LogP contribution is 2.45. The standard InChI is InChI=1S/C26H41FO6/c1-3-4-9-17(2)19(31-22-10-5-7-14-29-22)13-12-18-20(32-23-11-6-8-15-30-23)16-21-24(18)25(27)26(28)33-21/h12-13,17-25H,3-11,14-16H2,1-2H3/b13-12+/t17?,18-,19?,20+,21-,22?,23?,24+,25-/m1/s1. The van der Waals surface area contributed by atoms with Crippen LogP contribution in [-0.2, 0) is 28.5 Å². The average molecular weight is 469 g/mol. The average Bonchev–Trinajstić information content (AvgIpc) is 3.30. The first-order valence-corrected chi connectivity index (χ1v) is 13.1. The molecule has 0 aromatic carbocycles. The SMILES string of the molecule is CCCCC(C)C(/C=C/[C@H]1[C@H]2[C@@H](C[C@@H]1OC1CCCCO1)OC(=O)[C@@H]2F)OC1CCCCO1. The molecule has 4 aliphatic rings. The molecule has 188 valence electrons. The molecular weight excluding hydrogens is 427 g/mol. The highest BCUT2D eigenvalue weighted by Gasteiger charge is 2.56. The van der Waals surface area contributed by atoms with E-state index in [2.05, 4.69) is 19.9 Å². The van der Waals surface area contributed by atoms with Crippen LogP contribution in [0, 0.1) is 17.8 Å². The summed E-state index contributed by atoms with van der Waals surface area (Å²) in [5, 5.41) is 0. The monoisotopic (exact) mass is 468 g/mol. The van der Waals surface area contributed by atoms with Gasteiger partial charge in [0.1, 0.15) is 6.10 Å². The summed E-state index contributed by atoms with van der Waals surface area (Å²) in [4.78, 5) is 11.9. The minimum absolute atomic E-state index is 0.124. The number of hydrogen-bond acceptors (Lipinski definition) is 6. The van der Waals surface area contributed by atoms with Crippen LogP contribution in [0.4, 0.5) is 4.39 Å². The number of hydrogen-bond donors (Lipinski definition) is 0. The van der Waals surface area contributed by atoms with E-state index in [1.165, 1.54) is 0 Å². The Morgan fingerprint density at radius 2 is 1.85 bits per heavy atom. The Bertz CT molecular complexity index is 645. The van der Waals surface area contributed by atoms with Gasteiger partial charge < -0.3 is 23.7 Å². The fraction of sp³-hybridized carbons (Fsp3) is 0.885. The quantitative estimate of drug-likeness (QED) is 0.329. The molecule has 0 aromatic heterocycles. The van der Waals surface area contributed by atoms with Gasteiger partial charge in [-0.05, 0) is 50.9 Å². The van der Waals surface area contributed by atoms with Crippen molar-refractivity contribution in [3.8, 4) is 0 Å². The van der Waals surface area contributed by atoms with Crippen molar-refractivity contribution in [3.05, 3.63) is 12.2 Å². The predicted molar refractivity (Wildman–Crippen MR) is 121 cm³/mol. The Labute approximate surface area is 197 Å². The Hall–Kier alpha value is -1.02. The zero-order valence-corrected chi connectivity index (χ0v) is 20.2. The maximum Gasteiger partial charge on any atom is 0.341 e. The first kappa shape index (κ1) is 25.1. The van der Waals surface area contributed by atoms with E-state index in [1.54, 1.807) is 0 Å². The number of carbonyl (C=O) groups is 1. The van der Waals surface area contributed by atoms with E-state index in [4.69, 9.17) is 23.7 Å². The smallest absolute Gasteiger partial charge is 0.341 e. The van der Waals surface area contributed by atoms with Crippen molar-refractivity contribution in [2.45, 2.75) is 115 Å². The summed E-state index contributed by atoms with van der Waals surface area (Å²) in [5.41, 5.74) is 0. The van der Waals surface area contributed by atoms with Crippen LogP contribution in [-0.4, -0.2) is 56.2 Å². The lowest BCUT2D eigenvalue weighted by molar-refractivity contribution is -0.195. The highest BCUT2D eigenvalue weighted by molar-refractivity contribution is 5.77. The van der Waals surface area contributed by atoms with Crippen LogP contribution < -0.4 is 0 Å². The van der Waals surface area contributed by atoms with Crippen LogP contribution in [0.3, 0.4) is 0 Å². The van der Waals surface area contributed by atoms with Crippen LogP contribution in [0.25, 0.3) is 0 Å². The van der Waals surface area contributed by atoms with Crippen LogP contribution in [0.15, 0.2) is 12.2 Å². The molecule has 6 nitrogen and oxygen atoms in total. The molecule has 4 unspecified atom stereocenters. The Kier molecular flexibility index (Phi) is 9.19. The Morgan fingerprint density at radius 1 is 1.12 bits per heavy atom. The minimum atomic E-state index is -1.61. The van der Waals surface area contributed by atoms with Crippen molar-refractivity contribution < 1.29 is 32.9 Å². The van der Waals surface area contributed by atoms with E-state index < -0.39 is 24.2 Å². The number of rotatable bonds is 10. The number of alkyl halides is 1. The minimum Gasteiger partial charge on any atom is -0.460 e. The Balaban J connectivity index is 1.48. The third-order valence-corrected chi connectivity index (χ3v) is 7.61. The van der Waals surface area contributed by atoms with Gasteiger partial charge in [0, 0.05) is 31.5 Å². The van der Waals surface area contributed by atoms with Crippen molar-refractivity contribution in [2.24, 2.45) is 17.8 Å². The number of esters is 1. The second-order valence-electron chi connectivity index (χ2n) is 10.1. The molecule has 1 saturated carbocycles. The molecule has 0 aromatic rings. The van der Waals surface area contributed by atoms with Gasteiger partial charge in [-0.3, -0.25) is 0 Å². The van der Waals surface area contributed by atoms with Gasteiger partial charge in [-0.2, -0.15) is 0 Å². The molecule has 0 N–H and O–H groups in total. The van der Waals surface area contributed by atoms with Crippen LogP contribution >= 0.6 is 0 Å². The number of unbranched alkanes of at least 4 members (excludes halogenated alkanes) is 1. The molecule has 3 heterocycles. The van der Waals surface area contributed by atoms with Gasteiger partial charge in [-0.1, -0.05) is 38.8 Å². The summed E-state index contributed by atoms with van der Waals surface area (Å²) < 4.78 is 44.5. The van der Waals surface area contributed by atoms with E-state index in [1.807, 2.05) is 6.08 Å². The van der Waals surface area contributed by atoms with E-state index in [0.29, 0.717) is 18.9 Å². The van der Waals surface area contributed by atoms with E-state index >= 15 is 0 Å². The van der Waals surface area contributed by atoms with Crippen LogP contribution in [0.5, 0.6) is 0 Å². The second-order valence-corrected chi connectivity index (χ2v) is 10.1. The number of halogens is 1. The maximum atomic E-state index is 14.9. The third kappa shape index (κ3) is 6.36. The second kappa shape index (κ2) is 12.1. The predicted octanol–water partition coefficient (Wildman–Crippen LogP) is 5.09. The molecule has 7 heteroatoms. The molecule has 9 atom stereocenters. The molecule has 0 amide bonds. The first-order chi connectivity index (χ1) is 16.1. The molecule has 33 heavy (non-hydrogen) atoms. The van der Waals surface area contributed by atoms with Gasteiger partial charge in [0.15, 0.2) is 12.6 Å². The first-order valence-electron chi connectivity index (χ1n) is 13.1. The van der Waals surface area contributed by atoms with Crippen molar-refractivity contribution in [1.82, 2.24) is 0 Å². The van der Waals surface area contributed by atoms with Crippen molar-refractivity contribution in [3.63, 3.8) is 0 Å². The topological polar surface area (TPSA) is 63.2 Å². The Morgan fingerprint density at radius 3 is 2.52 bits per heavy atom. The fourth-order valence-corrected chi connectivity index (χ4v) is 5.62. The zero-order valence-electron chi connectivity index (χ0n) is 20.2. The molecule has 4 fully saturated rings. The lowest BCUT2D eigenvalue weighted by atomic mass is 9.89. The van der Waals surface area contributed by atoms with E-state index in [0.717, 1.165) is 64.4 Å². The fourth-order valence-electron chi connectivity index (χ4n) is 5.62. The third-order valence-electron chi connectivity index (χ3n) is 7.61. The van der Waals surface area contributed by atoms with Gasteiger partial charge in [-0.25, -0.2) is 9.18 Å². The number of fused-ring (bicyclic) bond motifs is 1. The molecule has 0 bridgehead atoms. The summed E-state index contributed by atoms with van der Waals surface area (Å²) in [6.07, 6.45) is 11.1.